The molecule has 88 valence electrons. The zero-order chi connectivity index (χ0) is 11.8. The molecular weight excluding hydrogens is 204 g/mol. The Hall–Kier alpha value is -1.13. The fourth-order valence-corrected chi connectivity index (χ4v) is 2.32. The average Bonchev–Trinajstić information content (AvgIpc) is 2.16. The summed E-state index contributed by atoms with van der Waals surface area (Å²) in [6, 6.07) is 1.86. The fraction of sp³-hybridized carbons (Fsp3) is 0.583. The third kappa shape index (κ3) is 1.58. The first-order valence-corrected chi connectivity index (χ1v) is 5.55. The lowest BCUT2D eigenvalue weighted by Crippen LogP contribution is -2.45. The molecule has 1 aliphatic carbocycles. The van der Waals surface area contributed by atoms with E-state index in [1.807, 2.05) is 13.0 Å². The molecule has 0 spiro atoms. The van der Waals surface area contributed by atoms with E-state index in [2.05, 4.69) is 4.98 Å². The zero-order valence-electron chi connectivity index (χ0n) is 9.73. The van der Waals surface area contributed by atoms with E-state index < -0.39 is 11.7 Å². The van der Waals surface area contributed by atoms with E-state index in [1.54, 1.807) is 13.3 Å². The van der Waals surface area contributed by atoms with Crippen molar-refractivity contribution in [3.63, 3.8) is 0 Å². The Morgan fingerprint density at radius 3 is 2.69 bits per heavy atom. The lowest BCUT2D eigenvalue weighted by atomic mass is 9.73. The molecule has 1 saturated carbocycles. The number of nitrogens with zero attached hydrogens (tertiary/aromatic N) is 1. The van der Waals surface area contributed by atoms with Crippen LogP contribution in [0.15, 0.2) is 12.3 Å². The molecule has 1 aliphatic rings. The van der Waals surface area contributed by atoms with Gasteiger partial charge < -0.3 is 15.6 Å². The minimum Gasteiger partial charge on any atom is -0.385 e. The van der Waals surface area contributed by atoms with Gasteiger partial charge in [-0.2, -0.15) is 0 Å². The second-order valence-corrected chi connectivity index (χ2v) is 4.45. The first-order chi connectivity index (χ1) is 7.60. The monoisotopic (exact) mass is 222 g/mol. The van der Waals surface area contributed by atoms with Crippen molar-refractivity contribution < 1.29 is 9.84 Å². The smallest absolute Gasteiger partial charge is 0.129 e. The molecule has 0 radical (unpaired) electrons. The number of methoxy groups -OCH3 is 1. The van der Waals surface area contributed by atoms with E-state index in [0.717, 1.165) is 24.8 Å². The van der Waals surface area contributed by atoms with Crippen molar-refractivity contribution in [3.8, 4) is 0 Å². The Bertz CT molecular complexity index is 363. The van der Waals surface area contributed by atoms with E-state index >= 15 is 0 Å². The van der Waals surface area contributed by atoms with Crippen LogP contribution < -0.4 is 5.73 Å². The summed E-state index contributed by atoms with van der Waals surface area (Å²) in [6.07, 6.45) is 3.81. The van der Waals surface area contributed by atoms with Crippen molar-refractivity contribution in [2.75, 3.05) is 12.8 Å². The van der Waals surface area contributed by atoms with Crippen molar-refractivity contribution in [1.29, 1.82) is 0 Å². The maximum absolute atomic E-state index is 10.4. The highest BCUT2D eigenvalue weighted by atomic mass is 16.5. The van der Waals surface area contributed by atoms with Crippen molar-refractivity contribution in [2.45, 2.75) is 37.9 Å². The Morgan fingerprint density at radius 1 is 1.56 bits per heavy atom. The third-order valence-corrected chi connectivity index (χ3v) is 3.62. The number of nitrogens with two attached hydrogens (primary N) is 1. The lowest BCUT2D eigenvalue weighted by Gasteiger charge is -2.44. The molecule has 4 nitrogen and oxygen atoms in total. The van der Waals surface area contributed by atoms with Gasteiger partial charge in [-0.05, 0) is 37.8 Å². The molecule has 0 saturated heterocycles. The predicted octanol–water partition coefficient (Wildman–Crippen LogP) is 1.57. The van der Waals surface area contributed by atoms with Crippen LogP contribution in [0.3, 0.4) is 0 Å². The standard InChI is InChI=1S/C12H18N2O2/c1-8-4-7-14-11(13)9(8)10(15)12(16-2)5-3-6-12/h4,7,10,15H,3,5-6H2,1-2H3,(H2,13,14). The number of aliphatic hydroxyl groups excluding tert-OH is 1. The van der Waals surface area contributed by atoms with Gasteiger partial charge in [0.25, 0.3) is 0 Å². The van der Waals surface area contributed by atoms with Crippen molar-refractivity contribution in [2.24, 2.45) is 0 Å². The van der Waals surface area contributed by atoms with Crippen molar-refractivity contribution in [3.05, 3.63) is 23.4 Å². The van der Waals surface area contributed by atoms with Crippen LogP contribution >= 0.6 is 0 Å². The van der Waals surface area contributed by atoms with Crippen LogP contribution in [0.2, 0.25) is 0 Å². The van der Waals surface area contributed by atoms with E-state index in [4.69, 9.17) is 10.5 Å². The van der Waals surface area contributed by atoms with Crippen LogP contribution in [0.5, 0.6) is 0 Å². The number of aromatic nitrogens is 1. The normalized spacial score (nSPS) is 20.2. The molecule has 0 aliphatic heterocycles. The SMILES string of the molecule is COC1(C(O)c2c(C)ccnc2N)CCC1. The lowest BCUT2D eigenvalue weighted by molar-refractivity contribution is -0.151. The van der Waals surface area contributed by atoms with Gasteiger partial charge in [-0.1, -0.05) is 0 Å². The molecule has 4 heteroatoms. The summed E-state index contributed by atoms with van der Waals surface area (Å²) in [5.74, 6) is 0.399. The Balaban J connectivity index is 2.36. The van der Waals surface area contributed by atoms with Crippen LogP contribution in [0.1, 0.15) is 36.5 Å². The summed E-state index contributed by atoms with van der Waals surface area (Å²) >= 11 is 0. The number of aliphatic hydroxyl groups is 1. The molecule has 2 rings (SSSR count). The van der Waals surface area contributed by atoms with Crippen LogP contribution in [0.4, 0.5) is 5.82 Å². The minimum absolute atomic E-state index is 0.399. The second kappa shape index (κ2) is 4.03. The van der Waals surface area contributed by atoms with Crippen LogP contribution in [0, 0.1) is 6.92 Å². The molecule has 1 heterocycles. The molecule has 3 N–H and O–H groups in total. The summed E-state index contributed by atoms with van der Waals surface area (Å²) in [4.78, 5) is 4.03. The summed E-state index contributed by atoms with van der Waals surface area (Å²) in [6.45, 7) is 1.93. The first kappa shape index (κ1) is 11.4. The van der Waals surface area contributed by atoms with Crippen LogP contribution in [-0.2, 0) is 4.74 Å². The molecule has 0 bridgehead atoms. The largest absolute Gasteiger partial charge is 0.385 e. The summed E-state index contributed by atoms with van der Waals surface area (Å²) in [5.41, 5.74) is 7.04. The van der Waals surface area contributed by atoms with Gasteiger partial charge in [-0.25, -0.2) is 4.98 Å². The van der Waals surface area contributed by atoms with E-state index in [9.17, 15) is 5.11 Å². The number of rotatable bonds is 3. The van der Waals surface area contributed by atoms with Gasteiger partial charge in [-0.15, -0.1) is 0 Å². The molecule has 16 heavy (non-hydrogen) atoms. The molecule has 0 amide bonds. The molecule has 1 unspecified atom stereocenters. The van der Waals surface area contributed by atoms with Gasteiger partial charge in [-0.3, -0.25) is 0 Å². The summed E-state index contributed by atoms with van der Waals surface area (Å²) in [5, 5.41) is 10.4. The molecule has 1 fully saturated rings. The number of anilines is 1. The number of aryl methyl sites for hydroxylation is 1. The van der Waals surface area contributed by atoms with Crippen molar-refractivity contribution in [1.82, 2.24) is 4.98 Å². The van der Waals surface area contributed by atoms with Gasteiger partial charge in [0.05, 0.1) is 5.60 Å². The predicted molar refractivity (Wildman–Crippen MR) is 61.9 cm³/mol. The van der Waals surface area contributed by atoms with Gasteiger partial charge in [0, 0.05) is 18.9 Å². The maximum atomic E-state index is 10.4. The minimum atomic E-state index is -0.681. The van der Waals surface area contributed by atoms with Crippen LogP contribution in [-0.4, -0.2) is 22.8 Å². The third-order valence-electron chi connectivity index (χ3n) is 3.62. The maximum Gasteiger partial charge on any atom is 0.129 e. The quantitative estimate of drug-likeness (QED) is 0.814. The highest BCUT2D eigenvalue weighted by Crippen LogP contribution is 2.46. The average molecular weight is 222 g/mol. The highest BCUT2D eigenvalue weighted by Gasteiger charge is 2.45. The molecule has 1 aromatic rings. The van der Waals surface area contributed by atoms with Gasteiger partial charge in [0.1, 0.15) is 11.9 Å². The first-order valence-electron chi connectivity index (χ1n) is 5.55. The second-order valence-electron chi connectivity index (χ2n) is 4.45. The Kier molecular flexibility index (Phi) is 2.86. The highest BCUT2D eigenvalue weighted by molar-refractivity contribution is 5.46. The fourth-order valence-electron chi connectivity index (χ4n) is 2.32. The zero-order valence-corrected chi connectivity index (χ0v) is 9.73. The van der Waals surface area contributed by atoms with Gasteiger partial charge >= 0.3 is 0 Å². The van der Waals surface area contributed by atoms with Gasteiger partial charge in [0.2, 0.25) is 0 Å². The van der Waals surface area contributed by atoms with E-state index in [1.165, 1.54) is 0 Å². The summed E-state index contributed by atoms with van der Waals surface area (Å²) in [7, 11) is 1.64. The number of ether oxygens (including phenoxy) is 1. The molecule has 0 aromatic carbocycles. The number of pyridine rings is 1. The molecule has 1 atom stereocenters. The molecule has 1 aromatic heterocycles. The Labute approximate surface area is 95.4 Å². The topological polar surface area (TPSA) is 68.4 Å². The van der Waals surface area contributed by atoms with Crippen molar-refractivity contribution >= 4 is 5.82 Å². The van der Waals surface area contributed by atoms with E-state index in [0.29, 0.717) is 11.4 Å². The number of hydrogen-bond donors (Lipinski definition) is 2. The Morgan fingerprint density at radius 2 is 2.25 bits per heavy atom. The number of hydrogen-bond acceptors (Lipinski definition) is 4. The van der Waals surface area contributed by atoms with Crippen LogP contribution in [0.25, 0.3) is 0 Å². The summed E-state index contributed by atoms with van der Waals surface area (Å²) < 4.78 is 5.47. The number of nitrogen functional groups attached to an aromatic ring is 1. The molecular formula is C12H18N2O2. The van der Waals surface area contributed by atoms with E-state index in [-0.39, 0.29) is 0 Å². The van der Waals surface area contributed by atoms with Gasteiger partial charge in [0.15, 0.2) is 0 Å².